The Morgan fingerprint density at radius 3 is 0.935 bits per heavy atom. The van der Waals surface area contributed by atoms with Crippen LogP contribution < -0.4 is 31.9 Å². The van der Waals surface area contributed by atoms with E-state index in [4.69, 9.17) is 0 Å². The number of hydrogen-bond donors (Lipinski definition) is 6. The second-order valence-electron chi connectivity index (χ2n) is 7.62. The van der Waals surface area contributed by atoms with Gasteiger partial charge < -0.3 is 31.9 Å². The summed E-state index contributed by atoms with van der Waals surface area (Å²) in [5, 5.41) is 14.8. The summed E-state index contributed by atoms with van der Waals surface area (Å²) in [5.74, 6) is -3.61. The van der Waals surface area contributed by atoms with Crippen LogP contribution in [0.25, 0.3) is 0 Å². The zero-order valence-corrected chi connectivity index (χ0v) is 18.6. The Balaban J connectivity index is 3.09. The molecule has 12 nitrogen and oxygen atoms in total. The minimum Gasteiger partial charge on any atom is -0.343 e. The average molecular weight is 441 g/mol. The van der Waals surface area contributed by atoms with Crippen LogP contribution in [0.5, 0.6) is 0 Å². The minimum absolute atomic E-state index is 0.246. The van der Waals surface area contributed by atoms with Crippen molar-refractivity contribution < 1.29 is 28.8 Å². The van der Waals surface area contributed by atoms with Gasteiger partial charge >= 0.3 is 0 Å². The van der Waals surface area contributed by atoms with E-state index in [9.17, 15) is 28.8 Å². The molecule has 174 valence electrons. The lowest BCUT2D eigenvalue weighted by molar-refractivity contribution is -0.136. The summed E-state index contributed by atoms with van der Waals surface area (Å²) in [7, 11) is 0. The molecular formula is C19H32N6O6. The molecule has 6 atom stereocenters. The van der Waals surface area contributed by atoms with Gasteiger partial charge in [-0.2, -0.15) is 0 Å². The van der Waals surface area contributed by atoms with Crippen LogP contribution in [0.1, 0.15) is 48.0 Å². The maximum absolute atomic E-state index is 12.5. The summed E-state index contributed by atoms with van der Waals surface area (Å²) in [6.07, 6.45) is 0.246. The van der Waals surface area contributed by atoms with E-state index in [1.54, 1.807) is 6.92 Å². The van der Waals surface area contributed by atoms with Crippen LogP contribution in [-0.4, -0.2) is 71.7 Å². The number of carbonyl (C=O) groups excluding carboxylic acids is 6. The third kappa shape index (κ3) is 7.54. The SMILES string of the molecule is CC[C@H]1NC(=O)[C@H](C)NC(=O)[C@H](C)NC(=O)[C@H](C)NC(=O)[C@H](C)NC(=O)[C@H](C)NC1=O. The van der Waals surface area contributed by atoms with Crippen molar-refractivity contribution in [2.75, 3.05) is 0 Å². The molecule has 0 aliphatic carbocycles. The van der Waals surface area contributed by atoms with Crippen molar-refractivity contribution in [1.82, 2.24) is 31.9 Å². The molecule has 0 radical (unpaired) electrons. The molecule has 1 rings (SSSR count). The van der Waals surface area contributed by atoms with Crippen LogP contribution in [-0.2, 0) is 28.8 Å². The molecule has 1 aliphatic heterocycles. The molecule has 31 heavy (non-hydrogen) atoms. The summed E-state index contributed by atoms with van der Waals surface area (Å²) in [4.78, 5) is 74.1. The van der Waals surface area contributed by atoms with Crippen molar-refractivity contribution in [2.24, 2.45) is 0 Å². The van der Waals surface area contributed by atoms with Crippen LogP contribution in [0, 0.1) is 0 Å². The van der Waals surface area contributed by atoms with Crippen molar-refractivity contribution in [1.29, 1.82) is 0 Å². The number of nitrogens with one attached hydrogen (secondary N) is 6. The highest BCUT2D eigenvalue weighted by Gasteiger charge is 2.29. The third-order valence-corrected chi connectivity index (χ3v) is 4.80. The molecule has 1 aliphatic rings. The number of amides is 6. The van der Waals surface area contributed by atoms with Gasteiger partial charge in [0.05, 0.1) is 0 Å². The van der Waals surface area contributed by atoms with Crippen molar-refractivity contribution in [3.8, 4) is 0 Å². The lowest BCUT2D eigenvalue weighted by Gasteiger charge is -2.25. The molecule has 0 saturated carbocycles. The van der Waals surface area contributed by atoms with Gasteiger partial charge in [0, 0.05) is 0 Å². The molecule has 1 fully saturated rings. The van der Waals surface area contributed by atoms with Gasteiger partial charge in [-0.1, -0.05) is 6.92 Å². The molecule has 0 unspecified atom stereocenters. The van der Waals surface area contributed by atoms with Gasteiger partial charge in [-0.25, -0.2) is 0 Å². The van der Waals surface area contributed by atoms with Crippen LogP contribution in [0.2, 0.25) is 0 Å². The van der Waals surface area contributed by atoms with E-state index >= 15 is 0 Å². The van der Waals surface area contributed by atoms with Crippen LogP contribution in [0.15, 0.2) is 0 Å². The third-order valence-electron chi connectivity index (χ3n) is 4.80. The molecule has 6 N–H and O–H groups in total. The average Bonchev–Trinajstić information content (AvgIpc) is 2.70. The number of hydrogen-bond acceptors (Lipinski definition) is 6. The zero-order chi connectivity index (χ0) is 23.9. The first kappa shape index (κ1) is 25.9. The van der Waals surface area contributed by atoms with E-state index in [-0.39, 0.29) is 6.42 Å². The van der Waals surface area contributed by atoms with E-state index < -0.39 is 71.7 Å². The molecule has 0 aromatic carbocycles. The van der Waals surface area contributed by atoms with E-state index in [1.807, 2.05) is 0 Å². The second-order valence-corrected chi connectivity index (χ2v) is 7.62. The quantitative estimate of drug-likeness (QED) is 0.261. The molecule has 12 heteroatoms. The maximum atomic E-state index is 12.5. The lowest BCUT2D eigenvalue weighted by Crippen LogP contribution is -2.59. The van der Waals surface area contributed by atoms with Crippen molar-refractivity contribution in [3.63, 3.8) is 0 Å². The summed E-state index contributed by atoms with van der Waals surface area (Å²) in [6.45, 7) is 8.83. The fourth-order valence-corrected chi connectivity index (χ4v) is 2.64. The van der Waals surface area contributed by atoms with Crippen LogP contribution in [0.4, 0.5) is 0 Å². The fraction of sp³-hybridized carbons (Fsp3) is 0.684. The summed E-state index contributed by atoms with van der Waals surface area (Å²) < 4.78 is 0. The second kappa shape index (κ2) is 11.3. The van der Waals surface area contributed by atoms with Crippen LogP contribution >= 0.6 is 0 Å². The highest BCUT2D eigenvalue weighted by molar-refractivity contribution is 5.97. The molecule has 0 spiro atoms. The first-order chi connectivity index (χ1) is 14.4. The Kier molecular flexibility index (Phi) is 9.41. The lowest BCUT2D eigenvalue weighted by atomic mass is 10.1. The standard InChI is InChI=1S/C19H32N6O6/c1-7-13-19(31)24-11(5)17(29)22-9(3)15(27)20-8(2)14(26)21-10(4)16(28)23-12(6)18(30)25-13/h8-13H,7H2,1-6H3,(H,20,27)(H,21,26)(H,22,29)(H,23,28)(H,24,31)(H,25,30)/t8-,9-,10-,11-,12-,13+/m0/s1. The van der Waals surface area contributed by atoms with E-state index in [0.29, 0.717) is 0 Å². The highest BCUT2D eigenvalue weighted by Crippen LogP contribution is 1.98. The maximum Gasteiger partial charge on any atom is 0.243 e. The first-order valence-electron chi connectivity index (χ1n) is 10.2. The van der Waals surface area contributed by atoms with Gasteiger partial charge in [-0.15, -0.1) is 0 Å². The molecule has 1 heterocycles. The van der Waals surface area contributed by atoms with Gasteiger partial charge in [0.1, 0.15) is 36.3 Å². The predicted molar refractivity (Wildman–Crippen MR) is 110 cm³/mol. The number of carbonyl (C=O) groups is 6. The molecule has 1 saturated heterocycles. The Morgan fingerprint density at radius 2 is 0.677 bits per heavy atom. The predicted octanol–water partition coefficient (Wildman–Crippen LogP) is -2.58. The van der Waals surface area contributed by atoms with E-state index in [2.05, 4.69) is 31.9 Å². The highest BCUT2D eigenvalue weighted by atomic mass is 16.2. The van der Waals surface area contributed by atoms with Gasteiger partial charge in [0.25, 0.3) is 0 Å². The van der Waals surface area contributed by atoms with E-state index in [1.165, 1.54) is 34.6 Å². The Morgan fingerprint density at radius 1 is 0.452 bits per heavy atom. The van der Waals surface area contributed by atoms with Crippen molar-refractivity contribution >= 4 is 35.4 Å². The molecule has 6 amide bonds. The van der Waals surface area contributed by atoms with Crippen LogP contribution in [0.3, 0.4) is 0 Å². The zero-order valence-electron chi connectivity index (χ0n) is 18.6. The van der Waals surface area contributed by atoms with Gasteiger partial charge in [-0.3, -0.25) is 28.8 Å². The molecular weight excluding hydrogens is 408 g/mol. The van der Waals surface area contributed by atoms with Crippen molar-refractivity contribution in [3.05, 3.63) is 0 Å². The fourth-order valence-electron chi connectivity index (χ4n) is 2.64. The van der Waals surface area contributed by atoms with E-state index in [0.717, 1.165) is 0 Å². The smallest absolute Gasteiger partial charge is 0.243 e. The van der Waals surface area contributed by atoms with Gasteiger partial charge in [0.15, 0.2) is 0 Å². The minimum atomic E-state index is -0.982. The number of rotatable bonds is 1. The monoisotopic (exact) mass is 440 g/mol. The molecule has 0 aromatic heterocycles. The van der Waals surface area contributed by atoms with Gasteiger partial charge in [-0.05, 0) is 41.0 Å². The summed E-state index contributed by atoms with van der Waals surface area (Å²) in [6, 6.07) is -5.84. The summed E-state index contributed by atoms with van der Waals surface area (Å²) >= 11 is 0. The topological polar surface area (TPSA) is 175 Å². The summed E-state index contributed by atoms with van der Waals surface area (Å²) in [5.41, 5.74) is 0. The Hall–Kier alpha value is -3.18. The van der Waals surface area contributed by atoms with Gasteiger partial charge in [0.2, 0.25) is 35.4 Å². The Bertz CT molecular complexity index is 741. The normalized spacial score (nSPS) is 32.3. The van der Waals surface area contributed by atoms with Crippen molar-refractivity contribution in [2.45, 2.75) is 84.2 Å². The molecule has 0 bridgehead atoms. The first-order valence-corrected chi connectivity index (χ1v) is 10.2. The Labute approximate surface area is 181 Å². The largest absolute Gasteiger partial charge is 0.343 e. The molecule has 0 aromatic rings.